The molecule has 4 unspecified atom stereocenters. The highest BCUT2D eigenvalue weighted by Gasteiger charge is 2.70. The van der Waals surface area contributed by atoms with Gasteiger partial charge in [-0.15, -0.1) is 0 Å². The van der Waals surface area contributed by atoms with Crippen LogP contribution in [0.3, 0.4) is 0 Å². The number of hydrogen-bond acceptors (Lipinski definition) is 5. The average Bonchev–Trinajstić information content (AvgIpc) is 2.98. The lowest BCUT2D eigenvalue weighted by Gasteiger charge is -2.70. The zero-order chi connectivity index (χ0) is 33.5. The second kappa shape index (κ2) is 11.4. The zero-order valence-electron chi connectivity index (χ0n) is 30.3. The Balaban J connectivity index is 1.25. The third-order valence-corrected chi connectivity index (χ3v) is 15.7. The molecule has 1 aliphatic heterocycles. The molecule has 46 heavy (non-hydrogen) atoms. The summed E-state index contributed by atoms with van der Waals surface area (Å²) in [5.74, 6) is -0.474. The fourth-order valence-corrected chi connectivity index (χ4v) is 12.5. The lowest BCUT2D eigenvalue weighted by molar-refractivity contribution is -0.195. The Morgan fingerprint density at radius 1 is 0.913 bits per heavy atom. The number of allylic oxidation sites excluding steroid dienone is 2. The summed E-state index contributed by atoms with van der Waals surface area (Å²) in [5, 5.41) is 13.9. The van der Waals surface area contributed by atoms with Gasteiger partial charge in [0.2, 0.25) is 5.91 Å². The van der Waals surface area contributed by atoms with Gasteiger partial charge < -0.3 is 20.2 Å². The van der Waals surface area contributed by atoms with Crippen LogP contribution in [0, 0.1) is 56.2 Å². The number of carbonyl (C=O) groups excluding carboxylic acids is 2. The molecule has 0 spiro atoms. The van der Waals surface area contributed by atoms with Gasteiger partial charge in [-0.05, 0) is 117 Å². The number of carbonyl (C=O) groups is 3. The molecular formula is C39H63N3O4. The van der Waals surface area contributed by atoms with E-state index in [1.165, 1.54) is 5.57 Å². The number of fused-ring (bicyclic) bond motifs is 7. The van der Waals surface area contributed by atoms with Crippen LogP contribution in [-0.4, -0.2) is 78.9 Å². The Morgan fingerprint density at radius 2 is 1.59 bits per heavy atom. The second-order valence-corrected chi connectivity index (χ2v) is 18.8. The van der Waals surface area contributed by atoms with Crippen molar-refractivity contribution in [2.24, 2.45) is 56.2 Å². The Kier molecular flexibility index (Phi) is 8.48. The van der Waals surface area contributed by atoms with Gasteiger partial charge in [-0.2, -0.15) is 0 Å². The number of carboxylic acids is 1. The fraction of sp³-hybridized carbons (Fsp3) is 0.872. The lowest BCUT2D eigenvalue weighted by Crippen LogP contribution is -2.66. The molecule has 1 amide bonds. The molecule has 7 heteroatoms. The van der Waals surface area contributed by atoms with Crippen LogP contribution in [0.15, 0.2) is 11.6 Å². The number of hydrogen-bond donors (Lipinski definition) is 2. The van der Waals surface area contributed by atoms with Crippen LogP contribution in [0.25, 0.3) is 0 Å². The fourth-order valence-electron chi connectivity index (χ4n) is 12.5. The number of piperazine rings is 1. The van der Waals surface area contributed by atoms with Crippen molar-refractivity contribution in [2.75, 3.05) is 46.3 Å². The van der Waals surface area contributed by atoms with E-state index in [-0.39, 0.29) is 45.2 Å². The number of ketones is 1. The van der Waals surface area contributed by atoms with Crippen LogP contribution in [0.5, 0.6) is 0 Å². The van der Waals surface area contributed by atoms with Crippen LogP contribution in [0.4, 0.5) is 0 Å². The number of nitrogens with one attached hydrogen (secondary N) is 1. The van der Waals surface area contributed by atoms with E-state index in [4.69, 9.17) is 0 Å². The molecule has 6 aliphatic rings. The largest absolute Gasteiger partial charge is 0.481 e. The Bertz CT molecular complexity index is 1280. The van der Waals surface area contributed by atoms with Crippen LogP contribution in [0.1, 0.15) is 113 Å². The summed E-state index contributed by atoms with van der Waals surface area (Å²) in [6.07, 6.45) is 11.3. The first kappa shape index (κ1) is 34.1. The summed E-state index contributed by atoms with van der Waals surface area (Å²) in [7, 11) is 2.17. The third-order valence-electron chi connectivity index (χ3n) is 15.7. The molecule has 4 saturated carbocycles. The predicted octanol–water partition coefficient (Wildman–Crippen LogP) is 6.42. The first-order valence-electron chi connectivity index (χ1n) is 18.6. The summed E-state index contributed by atoms with van der Waals surface area (Å²) in [6.45, 7) is 22.2. The van der Waals surface area contributed by atoms with Gasteiger partial charge >= 0.3 is 5.97 Å². The normalized spacial score (nSPS) is 43.7. The van der Waals surface area contributed by atoms with Crippen LogP contribution < -0.4 is 5.32 Å². The van der Waals surface area contributed by atoms with Gasteiger partial charge in [-0.25, -0.2) is 0 Å². The van der Waals surface area contributed by atoms with Gasteiger partial charge in [0.25, 0.3) is 0 Å². The smallest absolute Gasteiger partial charge is 0.310 e. The van der Waals surface area contributed by atoms with Crippen molar-refractivity contribution < 1.29 is 19.5 Å². The minimum absolute atomic E-state index is 0.00537. The van der Waals surface area contributed by atoms with Gasteiger partial charge in [0, 0.05) is 38.1 Å². The van der Waals surface area contributed by atoms with Crippen molar-refractivity contribution in [3.63, 3.8) is 0 Å². The van der Waals surface area contributed by atoms with E-state index in [0.29, 0.717) is 18.9 Å². The van der Waals surface area contributed by atoms with E-state index in [0.717, 1.165) is 90.5 Å². The number of aliphatic carboxylic acids is 1. The molecular weight excluding hydrogens is 574 g/mol. The number of carboxylic acid groups (broad SMARTS) is 1. The Hall–Kier alpha value is -1.73. The van der Waals surface area contributed by atoms with Gasteiger partial charge in [0.15, 0.2) is 5.78 Å². The first-order chi connectivity index (χ1) is 21.4. The standard InChI is InChI=1S/C39H63N3O4/c1-34(2)14-16-39(33(45)46)17-15-37(6)27(28(39)25-34)10-11-30-36(5)24-26(31(43)35(3,4)29(36)12-13-38(30,37)7)32(44)40-18-9-19-42-22-20-41(8)21-23-42/h10,26,28-30H,9,11-25H2,1-8H3,(H,40,44)(H,45,46)/t26?,28?,29?,30?,36-,37+,38+,39-/m0/s1. The molecule has 0 bridgehead atoms. The van der Waals surface area contributed by atoms with E-state index >= 15 is 0 Å². The highest BCUT2D eigenvalue weighted by atomic mass is 16.4. The first-order valence-corrected chi connectivity index (χ1v) is 18.6. The maximum absolute atomic E-state index is 14.1. The summed E-state index contributed by atoms with van der Waals surface area (Å²) in [6, 6.07) is 0. The minimum Gasteiger partial charge on any atom is -0.481 e. The molecule has 1 heterocycles. The van der Waals surface area contributed by atoms with Gasteiger partial charge in [-0.1, -0.05) is 60.1 Å². The van der Waals surface area contributed by atoms with Crippen molar-refractivity contribution in [3.8, 4) is 0 Å². The van der Waals surface area contributed by atoms with Crippen molar-refractivity contribution in [3.05, 3.63) is 11.6 Å². The number of rotatable bonds is 6. The van der Waals surface area contributed by atoms with E-state index in [1.807, 2.05) is 0 Å². The Labute approximate surface area is 278 Å². The molecule has 0 radical (unpaired) electrons. The lowest BCUT2D eigenvalue weighted by atomic mass is 9.33. The van der Waals surface area contributed by atoms with E-state index in [9.17, 15) is 19.5 Å². The van der Waals surface area contributed by atoms with Crippen molar-refractivity contribution >= 4 is 17.7 Å². The Morgan fingerprint density at radius 3 is 2.26 bits per heavy atom. The second-order valence-electron chi connectivity index (χ2n) is 18.8. The van der Waals surface area contributed by atoms with E-state index in [2.05, 4.69) is 76.7 Å². The van der Waals surface area contributed by atoms with Gasteiger partial charge in [0.05, 0.1) is 11.3 Å². The van der Waals surface area contributed by atoms with E-state index < -0.39 is 22.7 Å². The molecule has 8 atom stereocenters. The van der Waals surface area contributed by atoms with Crippen LogP contribution in [0.2, 0.25) is 0 Å². The number of amides is 1. The van der Waals surface area contributed by atoms with Crippen molar-refractivity contribution in [2.45, 2.75) is 113 Å². The zero-order valence-corrected chi connectivity index (χ0v) is 30.3. The summed E-state index contributed by atoms with van der Waals surface area (Å²) in [5.41, 5.74) is 0.142. The topological polar surface area (TPSA) is 89.9 Å². The summed E-state index contributed by atoms with van der Waals surface area (Å²) < 4.78 is 0. The quantitative estimate of drug-likeness (QED) is 0.199. The van der Waals surface area contributed by atoms with Crippen LogP contribution in [-0.2, 0) is 14.4 Å². The van der Waals surface area contributed by atoms with Crippen molar-refractivity contribution in [1.29, 1.82) is 0 Å². The number of Topliss-reactive ketones (excluding diaryl/α,β-unsaturated/α-hetero) is 1. The summed E-state index contributed by atoms with van der Waals surface area (Å²) >= 11 is 0. The maximum Gasteiger partial charge on any atom is 0.310 e. The number of likely N-dealkylation sites (N-methyl/N-ethyl adjacent to an activating group) is 1. The SMILES string of the molecule is CN1CCN(CCCNC(=O)C2C[C@@]3(C)C(CC[C@]4(C)C3CC=C3C5CC(C)(C)CC[C@]5(C(=O)O)CC[C@]34C)C(C)(C)C2=O)CC1. The molecule has 0 aromatic carbocycles. The molecule has 2 N–H and O–H groups in total. The van der Waals surface area contributed by atoms with Crippen molar-refractivity contribution in [1.82, 2.24) is 15.1 Å². The molecule has 0 aromatic heterocycles. The molecule has 0 aromatic rings. The van der Waals surface area contributed by atoms with E-state index in [1.54, 1.807) is 0 Å². The molecule has 5 fully saturated rings. The molecule has 1 saturated heterocycles. The molecule has 258 valence electrons. The number of nitrogens with zero attached hydrogens (tertiary/aromatic N) is 2. The highest BCUT2D eigenvalue weighted by molar-refractivity contribution is 6.04. The maximum atomic E-state index is 14.1. The average molecular weight is 638 g/mol. The highest BCUT2D eigenvalue weighted by Crippen LogP contribution is 2.75. The monoisotopic (exact) mass is 637 g/mol. The predicted molar refractivity (Wildman–Crippen MR) is 182 cm³/mol. The van der Waals surface area contributed by atoms with Gasteiger partial charge in [-0.3, -0.25) is 14.4 Å². The molecule has 5 aliphatic carbocycles. The third kappa shape index (κ3) is 5.06. The molecule has 6 rings (SSSR count). The summed E-state index contributed by atoms with van der Waals surface area (Å²) in [4.78, 5) is 45.8. The van der Waals surface area contributed by atoms with Crippen LogP contribution >= 0.6 is 0 Å². The minimum atomic E-state index is -0.641. The van der Waals surface area contributed by atoms with Gasteiger partial charge in [0.1, 0.15) is 0 Å². The molecule has 7 nitrogen and oxygen atoms in total.